The smallest absolute Gasteiger partial charge is 0.161 e. The van der Waals surface area contributed by atoms with Crippen LogP contribution in [-0.2, 0) is 13.6 Å². The van der Waals surface area contributed by atoms with E-state index in [0.717, 1.165) is 17.8 Å². The van der Waals surface area contributed by atoms with Crippen LogP contribution in [0.15, 0.2) is 18.6 Å². The minimum absolute atomic E-state index is 0.277. The van der Waals surface area contributed by atoms with Crippen LogP contribution in [-0.4, -0.2) is 26.7 Å². The molecule has 2 heterocycles. The predicted octanol–water partition coefficient (Wildman–Crippen LogP) is 0.693. The molecule has 2 rings (SSSR count). The maximum atomic E-state index is 6.23. The van der Waals surface area contributed by atoms with Gasteiger partial charge in [-0.3, -0.25) is 9.36 Å². The second kappa shape index (κ2) is 4.58. The maximum absolute atomic E-state index is 6.23. The van der Waals surface area contributed by atoms with Crippen molar-refractivity contribution in [3.63, 3.8) is 0 Å². The molecule has 0 aliphatic heterocycles. The third-order valence-electron chi connectivity index (χ3n) is 2.74. The normalized spacial score (nSPS) is 12.7. The molecule has 0 radical (unpaired) electrons. The van der Waals surface area contributed by atoms with Gasteiger partial charge in [-0.2, -0.15) is 10.2 Å². The summed E-state index contributed by atoms with van der Waals surface area (Å²) in [5.41, 5.74) is 8.06. The summed E-state index contributed by atoms with van der Waals surface area (Å²) in [4.78, 5) is 0. The van der Waals surface area contributed by atoms with Crippen LogP contribution in [0.25, 0.3) is 0 Å². The number of aryl methyl sites for hydroxylation is 2. The van der Waals surface area contributed by atoms with Crippen molar-refractivity contribution >= 4 is 0 Å². The first-order valence-electron chi connectivity index (χ1n) is 5.51. The molecule has 6 nitrogen and oxygen atoms in total. The van der Waals surface area contributed by atoms with Gasteiger partial charge >= 0.3 is 0 Å². The van der Waals surface area contributed by atoms with Gasteiger partial charge in [0.1, 0.15) is 5.69 Å². The number of ether oxygens (including phenoxy) is 1. The van der Waals surface area contributed by atoms with E-state index in [1.807, 2.05) is 24.9 Å². The van der Waals surface area contributed by atoms with Gasteiger partial charge in [0.15, 0.2) is 5.75 Å². The molecule has 6 heteroatoms. The van der Waals surface area contributed by atoms with E-state index in [1.165, 1.54) is 0 Å². The van der Waals surface area contributed by atoms with Gasteiger partial charge in [-0.15, -0.1) is 0 Å². The van der Waals surface area contributed by atoms with Crippen molar-refractivity contribution < 1.29 is 4.74 Å². The maximum Gasteiger partial charge on any atom is 0.161 e. The van der Waals surface area contributed by atoms with Crippen LogP contribution in [0.3, 0.4) is 0 Å². The monoisotopic (exact) mass is 235 g/mol. The number of methoxy groups -OCH3 is 1. The summed E-state index contributed by atoms with van der Waals surface area (Å²) < 4.78 is 8.86. The van der Waals surface area contributed by atoms with Gasteiger partial charge in [0.2, 0.25) is 0 Å². The molecule has 0 fully saturated rings. The van der Waals surface area contributed by atoms with Crippen LogP contribution in [0.2, 0.25) is 0 Å². The first-order chi connectivity index (χ1) is 8.17. The Morgan fingerprint density at radius 2 is 2.18 bits per heavy atom. The lowest BCUT2D eigenvalue weighted by atomic mass is 10.1. The Hall–Kier alpha value is -1.82. The Labute approximate surface area is 100.0 Å². The van der Waals surface area contributed by atoms with Crippen molar-refractivity contribution in [1.29, 1.82) is 0 Å². The third-order valence-corrected chi connectivity index (χ3v) is 2.74. The second-order valence-corrected chi connectivity index (χ2v) is 3.84. The van der Waals surface area contributed by atoms with E-state index in [4.69, 9.17) is 10.5 Å². The molecule has 1 unspecified atom stereocenters. The number of nitrogens with zero attached hydrogens (tertiary/aromatic N) is 4. The third kappa shape index (κ3) is 2.03. The zero-order valence-electron chi connectivity index (χ0n) is 10.3. The van der Waals surface area contributed by atoms with Gasteiger partial charge in [-0.1, -0.05) is 0 Å². The number of hydrogen-bond acceptors (Lipinski definition) is 4. The Morgan fingerprint density at radius 1 is 1.41 bits per heavy atom. The summed E-state index contributed by atoms with van der Waals surface area (Å²) in [6.07, 6.45) is 5.35. The van der Waals surface area contributed by atoms with Gasteiger partial charge in [0, 0.05) is 25.4 Å². The van der Waals surface area contributed by atoms with Crippen molar-refractivity contribution in [3.8, 4) is 5.75 Å². The van der Waals surface area contributed by atoms with Gasteiger partial charge in [-0.25, -0.2) is 0 Å². The fourth-order valence-corrected chi connectivity index (χ4v) is 1.86. The zero-order chi connectivity index (χ0) is 12.4. The van der Waals surface area contributed by atoms with E-state index in [-0.39, 0.29) is 6.04 Å². The summed E-state index contributed by atoms with van der Waals surface area (Å²) in [6.45, 7) is 2.78. The van der Waals surface area contributed by atoms with Crippen LogP contribution in [0.4, 0.5) is 0 Å². The van der Waals surface area contributed by atoms with Crippen molar-refractivity contribution in [2.24, 2.45) is 12.8 Å². The van der Waals surface area contributed by atoms with Gasteiger partial charge in [0.25, 0.3) is 0 Å². The molecule has 2 N–H and O–H groups in total. The average Bonchev–Trinajstić information content (AvgIpc) is 2.93. The number of rotatable bonds is 4. The van der Waals surface area contributed by atoms with E-state index in [0.29, 0.717) is 5.75 Å². The highest BCUT2D eigenvalue weighted by Gasteiger charge is 2.20. The molecular weight excluding hydrogens is 218 g/mol. The lowest BCUT2D eigenvalue weighted by molar-refractivity contribution is 0.404. The molecule has 0 saturated heterocycles. The van der Waals surface area contributed by atoms with Crippen molar-refractivity contribution in [3.05, 3.63) is 29.8 Å². The Morgan fingerprint density at radius 3 is 2.71 bits per heavy atom. The van der Waals surface area contributed by atoms with Crippen molar-refractivity contribution in [2.75, 3.05) is 7.11 Å². The van der Waals surface area contributed by atoms with E-state index in [2.05, 4.69) is 10.2 Å². The molecule has 2 aromatic rings. The number of aromatic nitrogens is 4. The molecule has 0 spiro atoms. The summed E-state index contributed by atoms with van der Waals surface area (Å²) in [5, 5.41) is 8.37. The van der Waals surface area contributed by atoms with Crippen LogP contribution in [0, 0.1) is 0 Å². The lowest BCUT2D eigenvalue weighted by Crippen LogP contribution is -2.17. The first-order valence-corrected chi connectivity index (χ1v) is 5.51. The lowest BCUT2D eigenvalue weighted by Gasteiger charge is -2.13. The summed E-state index contributed by atoms with van der Waals surface area (Å²) in [6, 6.07) is -0.277. The minimum Gasteiger partial charge on any atom is -0.493 e. The fraction of sp³-hybridized carbons (Fsp3) is 0.455. The SMILES string of the molecule is CCn1ncc(OC)c1C(N)c1cnn(C)c1. The molecular formula is C11H17N5O. The largest absolute Gasteiger partial charge is 0.493 e. The summed E-state index contributed by atoms with van der Waals surface area (Å²) in [7, 11) is 3.49. The number of hydrogen-bond donors (Lipinski definition) is 1. The second-order valence-electron chi connectivity index (χ2n) is 3.84. The minimum atomic E-state index is -0.277. The summed E-state index contributed by atoms with van der Waals surface area (Å²) >= 11 is 0. The van der Waals surface area contributed by atoms with Gasteiger partial charge in [0.05, 0.1) is 25.5 Å². The molecule has 17 heavy (non-hydrogen) atoms. The molecule has 0 aliphatic carbocycles. The molecule has 0 aromatic carbocycles. The van der Waals surface area contributed by atoms with Crippen LogP contribution in [0.5, 0.6) is 5.75 Å². The molecule has 2 aromatic heterocycles. The quantitative estimate of drug-likeness (QED) is 0.846. The first kappa shape index (κ1) is 11.7. The van der Waals surface area contributed by atoms with Crippen LogP contribution >= 0.6 is 0 Å². The highest BCUT2D eigenvalue weighted by Crippen LogP contribution is 2.27. The average molecular weight is 235 g/mol. The van der Waals surface area contributed by atoms with Crippen molar-refractivity contribution in [2.45, 2.75) is 19.5 Å². The highest BCUT2D eigenvalue weighted by molar-refractivity contribution is 5.34. The summed E-state index contributed by atoms with van der Waals surface area (Å²) in [5.74, 6) is 0.711. The van der Waals surface area contributed by atoms with E-state index >= 15 is 0 Å². The number of nitrogens with two attached hydrogens (primary N) is 1. The highest BCUT2D eigenvalue weighted by atomic mass is 16.5. The zero-order valence-corrected chi connectivity index (χ0v) is 10.3. The Balaban J connectivity index is 2.41. The topological polar surface area (TPSA) is 70.9 Å². The van der Waals surface area contributed by atoms with Gasteiger partial charge in [-0.05, 0) is 6.92 Å². The Bertz CT molecular complexity index is 480. The Kier molecular flexibility index (Phi) is 3.14. The van der Waals surface area contributed by atoms with E-state index in [9.17, 15) is 0 Å². The fourth-order valence-electron chi connectivity index (χ4n) is 1.86. The molecule has 0 bridgehead atoms. The predicted molar refractivity (Wildman–Crippen MR) is 63.7 cm³/mol. The molecule has 92 valence electrons. The molecule has 0 saturated carbocycles. The molecule has 1 atom stereocenters. The van der Waals surface area contributed by atoms with E-state index in [1.54, 1.807) is 24.2 Å². The molecule has 0 aliphatic rings. The van der Waals surface area contributed by atoms with Gasteiger partial charge < -0.3 is 10.5 Å². The van der Waals surface area contributed by atoms with Crippen LogP contribution < -0.4 is 10.5 Å². The molecule has 0 amide bonds. The van der Waals surface area contributed by atoms with E-state index < -0.39 is 0 Å². The van der Waals surface area contributed by atoms with Crippen molar-refractivity contribution in [1.82, 2.24) is 19.6 Å². The van der Waals surface area contributed by atoms with Crippen LogP contribution in [0.1, 0.15) is 24.2 Å². The standard InChI is InChI=1S/C11H17N5O/c1-4-16-11(9(17-3)6-14-16)10(12)8-5-13-15(2)7-8/h5-7,10H,4,12H2,1-3H3.